The number of fused-ring (bicyclic) bond motifs is 3. The minimum Gasteiger partial charge on any atom is -0.392 e. The van der Waals surface area contributed by atoms with Crippen LogP contribution in [0.1, 0.15) is 92.9 Å². The van der Waals surface area contributed by atoms with Crippen LogP contribution in [0.2, 0.25) is 5.02 Å². The first-order valence-corrected chi connectivity index (χ1v) is 23.2. The van der Waals surface area contributed by atoms with Gasteiger partial charge in [-0.3, -0.25) is 4.68 Å². The third-order valence-electron chi connectivity index (χ3n) is 13.6. The zero-order chi connectivity index (χ0) is 46.2. The highest BCUT2D eigenvalue weighted by Crippen LogP contribution is 2.45. The van der Waals surface area contributed by atoms with E-state index in [0.717, 1.165) is 61.1 Å². The van der Waals surface area contributed by atoms with Crippen molar-refractivity contribution in [1.82, 2.24) is 35.3 Å². The Morgan fingerprint density at radius 3 is 2.51 bits per heavy atom. The van der Waals surface area contributed by atoms with Crippen LogP contribution in [0.15, 0.2) is 73.2 Å². The van der Waals surface area contributed by atoms with Crippen LogP contribution < -0.4 is 25.8 Å². The van der Waals surface area contributed by atoms with Crippen LogP contribution in [0.3, 0.4) is 0 Å². The third kappa shape index (κ3) is 10.2. The van der Waals surface area contributed by atoms with E-state index >= 15 is 13.2 Å². The van der Waals surface area contributed by atoms with Gasteiger partial charge in [0.05, 0.1) is 41.9 Å². The van der Waals surface area contributed by atoms with E-state index in [1.54, 1.807) is 29.0 Å². The molecule has 4 aromatic rings. The van der Waals surface area contributed by atoms with Crippen LogP contribution in [0, 0.1) is 17.6 Å². The molecule has 16 heteroatoms. The van der Waals surface area contributed by atoms with E-state index in [0.29, 0.717) is 53.3 Å². The van der Waals surface area contributed by atoms with Crippen molar-refractivity contribution in [2.75, 3.05) is 68.5 Å². The smallest absolute Gasteiger partial charge is 0.265 e. The summed E-state index contributed by atoms with van der Waals surface area (Å²) >= 11 is 6.51. The highest BCUT2D eigenvalue weighted by molar-refractivity contribution is 6.33. The number of likely N-dealkylation sites (N-methyl/N-ethyl adjacent to an activating group) is 1. The number of benzene rings is 2. The maximum Gasteiger partial charge on any atom is 0.265 e. The minimum atomic E-state index is -2.91. The maximum absolute atomic E-state index is 16.0. The number of hydrogen-bond acceptors (Lipinski definition) is 9. The van der Waals surface area contributed by atoms with Gasteiger partial charge in [-0.2, -0.15) is 10.1 Å². The first-order valence-electron chi connectivity index (χ1n) is 22.8. The Balaban J connectivity index is 0.00000184. The Labute approximate surface area is 383 Å². The lowest BCUT2D eigenvalue weighted by Gasteiger charge is -2.39. The van der Waals surface area contributed by atoms with Crippen molar-refractivity contribution in [2.45, 2.75) is 88.1 Å². The van der Waals surface area contributed by atoms with Gasteiger partial charge in [0.25, 0.3) is 5.92 Å². The number of halogens is 6. The summed E-state index contributed by atoms with van der Waals surface area (Å²) in [7, 11) is 5.47. The van der Waals surface area contributed by atoms with Gasteiger partial charge in [-0.05, 0) is 86.9 Å². The molecule has 3 N–H and O–H groups in total. The maximum atomic E-state index is 16.0. The summed E-state index contributed by atoms with van der Waals surface area (Å²) in [4.78, 5) is 14.7. The standard InChI is InChI=1S/C46H54ClF5N10.C3H6/c1-7-28(9-8-26(2)53-4)42-33-18-36(48)32(20-41(33)60(6)58-42)29-11-15-61(16-12-29)23-30-13-17-62(24-38(30)50)45-54-22-35(47)44(57-45)56-39-19-34-40(21-37(39)49)59(5)27(3)31-10-14-46(51,52)25-55-43(31)34;1-2-3-1/h7,18-22,28-30,38,53,55H,1-3,8-17,23-25H2,4-6H3,(H,54,56,57);1-3H2/t28?,30-,38-;/m0./s1. The fourth-order valence-electron chi connectivity index (χ4n) is 9.43. The molecule has 1 unspecified atom stereocenters. The van der Waals surface area contributed by atoms with Crippen LogP contribution in [-0.2, 0) is 7.05 Å². The molecule has 4 aliphatic heterocycles. The molecule has 3 atom stereocenters. The second-order valence-corrected chi connectivity index (χ2v) is 18.6. The normalized spacial score (nSPS) is 21.4. The Morgan fingerprint density at radius 2 is 1.82 bits per heavy atom. The molecule has 5 aliphatic rings. The van der Waals surface area contributed by atoms with Crippen molar-refractivity contribution in [3.05, 3.63) is 107 Å². The molecule has 65 heavy (non-hydrogen) atoms. The van der Waals surface area contributed by atoms with Gasteiger partial charge in [0.15, 0.2) is 5.82 Å². The average Bonchev–Trinajstić information content (AvgIpc) is 4.16. The zero-order valence-electron chi connectivity index (χ0n) is 37.6. The molecule has 1 aliphatic carbocycles. The summed E-state index contributed by atoms with van der Waals surface area (Å²) in [6.07, 6.45) is 10.0. The summed E-state index contributed by atoms with van der Waals surface area (Å²) in [5.74, 6) is -3.54. The molecular weight excluding hydrogens is 859 g/mol. The number of nitrogens with zero attached hydrogens (tertiary/aromatic N) is 7. The Bertz CT molecular complexity index is 2470. The second kappa shape index (κ2) is 19.4. The van der Waals surface area contributed by atoms with Gasteiger partial charge in [-0.1, -0.05) is 50.1 Å². The van der Waals surface area contributed by atoms with Crippen LogP contribution in [0.5, 0.6) is 0 Å². The number of rotatable bonds is 12. The van der Waals surface area contributed by atoms with E-state index in [4.69, 9.17) is 16.7 Å². The number of allylic oxidation sites excluding steroid dienone is 3. The van der Waals surface area contributed by atoms with E-state index in [-0.39, 0.29) is 65.4 Å². The Kier molecular flexibility index (Phi) is 13.8. The molecule has 3 fully saturated rings. The summed E-state index contributed by atoms with van der Waals surface area (Å²) in [6, 6.07) is 6.47. The molecule has 1 saturated carbocycles. The molecule has 2 aromatic carbocycles. The highest BCUT2D eigenvalue weighted by atomic mass is 35.5. The van der Waals surface area contributed by atoms with Crippen molar-refractivity contribution in [2.24, 2.45) is 13.0 Å². The van der Waals surface area contributed by atoms with Crippen LogP contribution in [0.4, 0.5) is 45.1 Å². The topological polar surface area (TPSA) is 89.4 Å². The van der Waals surface area contributed by atoms with Crippen molar-refractivity contribution >= 4 is 51.3 Å². The van der Waals surface area contributed by atoms with Crippen LogP contribution in [-0.4, -0.2) is 90.1 Å². The monoisotopic (exact) mass is 918 g/mol. The van der Waals surface area contributed by atoms with Gasteiger partial charge in [-0.25, -0.2) is 26.9 Å². The molecular formula is C49H60ClF5N10. The molecule has 0 spiro atoms. The van der Waals surface area contributed by atoms with Crippen molar-refractivity contribution in [3.63, 3.8) is 0 Å². The number of anilines is 4. The minimum absolute atomic E-state index is 0.0333. The molecule has 2 saturated heterocycles. The predicted octanol–water partition coefficient (Wildman–Crippen LogP) is 10.7. The summed E-state index contributed by atoms with van der Waals surface area (Å²) < 4.78 is 78.2. The third-order valence-corrected chi connectivity index (χ3v) is 13.9. The fourth-order valence-corrected chi connectivity index (χ4v) is 9.57. The van der Waals surface area contributed by atoms with E-state index in [2.05, 4.69) is 50.6 Å². The lowest BCUT2D eigenvalue weighted by molar-refractivity contribution is -0.000420. The van der Waals surface area contributed by atoms with Crippen molar-refractivity contribution in [1.29, 1.82) is 0 Å². The van der Waals surface area contributed by atoms with E-state index in [9.17, 15) is 8.78 Å². The van der Waals surface area contributed by atoms with E-state index in [1.807, 2.05) is 30.9 Å². The van der Waals surface area contributed by atoms with Crippen LogP contribution in [0.25, 0.3) is 16.6 Å². The number of nitrogens with one attached hydrogen (secondary N) is 3. The van der Waals surface area contributed by atoms with Crippen LogP contribution >= 0.6 is 11.6 Å². The number of hydrogen-bond donors (Lipinski definition) is 3. The second-order valence-electron chi connectivity index (χ2n) is 18.2. The highest BCUT2D eigenvalue weighted by Gasteiger charge is 2.38. The van der Waals surface area contributed by atoms with Crippen molar-refractivity contribution in [3.8, 4) is 0 Å². The zero-order valence-corrected chi connectivity index (χ0v) is 38.4. The van der Waals surface area contributed by atoms with Gasteiger partial charge < -0.3 is 30.7 Å². The molecule has 348 valence electrons. The lowest BCUT2D eigenvalue weighted by Crippen LogP contribution is -2.47. The van der Waals surface area contributed by atoms with E-state index in [1.165, 1.54) is 31.5 Å². The Morgan fingerprint density at radius 1 is 1.06 bits per heavy atom. The summed E-state index contributed by atoms with van der Waals surface area (Å²) in [5.41, 5.74) is 6.08. The number of likely N-dealkylation sites (tertiary alicyclic amines) is 1. The molecule has 9 rings (SSSR count). The van der Waals surface area contributed by atoms with E-state index < -0.39 is 24.5 Å². The first-order chi connectivity index (χ1) is 31.1. The lowest BCUT2D eigenvalue weighted by atomic mass is 9.86. The summed E-state index contributed by atoms with van der Waals surface area (Å²) in [6.45, 7) is 14.2. The number of piperidine rings is 2. The van der Waals surface area contributed by atoms with Gasteiger partial charge in [0, 0.05) is 86.6 Å². The fraction of sp³-hybridized carbons (Fsp3) is 0.490. The molecule has 0 amide bonds. The van der Waals surface area contributed by atoms with Crippen molar-refractivity contribution < 1.29 is 22.0 Å². The van der Waals surface area contributed by atoms with Gasteiger partial charge in [-0.15, -0.1) is 6.58 Å². The molecule has 2 aromatic heterocycles. The Hall–Kier alpha value is -5.15. The quantitative estimate of drug-likeness (QED) is 0.0950. The molecule has 0 radical (unpaired) electrons. The first kappa shape index (κ1) is 46.4. The van der Waals surface area contributed by atoms with Gasteiger partial charge in [0.1, 0.15) is 22.8 Å². The average molecular weight is 920 g/mol. The van der Waals surface area contributed by atoms with Gasteiger partial charge >= 0.3 is 0 Å². The van der Waals surface area contributed by atoms with Gasteiger partial charge in [0.2, 0.25) is 5.95 Å². The molecule has 0 bridgehead atoms. The SMILES string of the molecule is C1CC1.C=CC(CCC(=C)NC)c1nn(C)c2cc(C3CCN(C[C@@H]4CCN(c5ncc(Cl)c(Nc6cc7c(cc6F)N(C)C(=C)C6=C7NCC(F)(F)CC6)n5)C[C@@H]4F)CC3)c(F)cc12. The predicted molar refractivity (Wildman–Crippen MR) is 252 cm³/mol. The number of aromatic nitrogens is 4. The number of alkyl halides is 3. The number of aryl methyl sites for hydroxylation is 1. The molecule has 10 nitrogen and oxygen atoms in total. The molecule has 6 heterocycles. The summed E-state index contributed by atoms with van der Waals surface area (Å²) in [5, 5.41) is 14.7. The largest absolute Gasteiger partial charge is 0.392 e.